The normalized spacial score (nSPS) is 18.1. The smallest absolute Gasteiger partial charge is 0.128 e. The lowest BCUT2D eigenvalue weighted by atomic mass is 10.1. The van der Waals surface area contributed by atoms with Gasteiger partial charge in [-0.15, -0.1) is 0 Å². The summed E-state index contributed by atoms with van der Waals surface area (Å²) in [4.78, 5) is 6.93. The summed E-state index contributed by atoms with van der Waals surface area (Å²) in [6, 6.07) is 4.72. The van der Waals surface area contributed by atoms with Crippen molar-refractivity contribution in [3.05, 3.63) is 23.9 Å². The van der Waals surface area contributed by atoms with Crippen molar-refractivity contribution in [3.63, 3.8) is 0 Å². The summed E-state index contributed by atoms with van der Waals surface area (Å²) in [7, 11) is 1.74. The van der Waals surface area contributed by atoms with Crippen LogP contribution in [0, 0.1) is 5.92 Å². The zero-order valence-electron chi connectivity index (χ0n) is 12.2. The SMILES string of the molecule is COCCN(c1ccc(C(C)N)cn1)C(C)C1CC1. The molecule has 0 aliphatic heterocycles. The fraction of sp³-hybridized carbons (Fsp3) is 0.667. The molecule has 0 aromatic carbocycles. The van der Waals surface area contributed by atoms with Gasteiger partial charge in [-0.1, -0.05) is 6.07 Å². The third-order valence-electron chi connectivity index (χ3n) is 3.92. The van der Waals surface area contributed by atoms with Crippen LogP contribution in [-0.2, 0) is 4.74 Å². The van der Waals surface area contributed by atoms with Gasteiger partial charge in [0.1, 0.15) is 5.82 Å². The molecule has 1 aromatic rings. The fourth-order valence-electron chi connectivity index (χ4n) is 2.39. The first-order valence-electron chi connectivity index (χ1n) is 7.10. The summed E-state index contributed by atoms with van der Waals surface area (Å²) in [6.07, 6.45) is 4.56. The fourth-order valence-corrected chi connectivity index (χ4v) is 2.39. The Labute approximate surface area is 116 Å². The number of aromatic nitrogens is 1. The van der Waals surface area contributed by atoms with Crippen LogP contribution in [0.3, 0.4) is 0 Å². The molecule has 4 heteroatoms. The predicted molar refractivity (Wildman–Crippen MR) is 78.2 cm³/mol. The van der Waals surface area contributed by atoms with Gasteiger partial charge >= 0.3 is 0 Å². The molecule has 4 nitrogen and oxygen atoms in total. The molecule has 0 bridgehead atoms. The number of pyridine rings is 1. The zero-order chi connectivity index (χ0) is 13.8. The van der Waals surface area contributed by atoms with E-state index in [9.17, 15) is 0 Å². The Morgan fingerprint density at radius 2 is 2.16 bits per heavy atom. The van der Waals surface area contributed by atoms with Crippen LogP contribution in [0.4, 0.5) is 5.82 Å². The topological polar surface area (TPSA) is 51.4 Å². The minimum absolute atomic E-state index is 0.0369. The van der Waals surface area contributed by atoms with Crippen molar-refractivity contribution in [3.8, 4) is 0 Å². The van der Waals surface area contributed by atoms with Crippen LogP contribution in [0.25, 0.3) is 0 Å². The zero-order valence-corrected chi connectivity index (χ0v) is 12.2. The second-order valence-electron chi connectivity index (χ2n) is 5.50. The number of rotatable bonds is 7. The van der Waals surface area contributed by atoms with Gasteiger partial charge in [-0.05, 0) is 44.2 Å². The molecule has 2 N–H and O–H groups in total. The quantitative estimate of drug-likeness (QED) is 0.820. The van der Waals surface area contributed by atoms with Gasteiger partial charge in [0.15, 0.2) is 0 Å². The molecule has 1 fully saturated rings. The average Bonchev–Trinajstić information content (AvgIpc) is 3.23. The lowest BCUT2D eigenvalue weighted by Gasteiger charge is -2.30. The van der Waals surface area contributed by atoms with Gasteiger partial charge in [0.25, 0.3) is 0 Å². The molecule has 1 heterocycles. The third-order valence-corrected chi connectivity index (χ3v) is 3.92. The van der Waals surface area contributed by atoms with Crippen LogP contribution in [-0.4, -0.2) is 31.3 Å². The first-order chi connectivity index (χ1) is 9.13. The maximum absolute atomic E-state index is 5.86. The van der Waals surface area contributed by atoms with Crippen molar-refractivity contribution in [2.75, 3.05) is 25.2 Å². The van der Waals surface area contributed by atoms with Crippen molar-refractivity contribution < 1.29 is 4.74 Å². The van der Waals surface area contributed by atoms with Crippen LogP contribution in [0.1, 0.15) is 38.3 Å². The van der Waals surface area contributed by atoms with Gasteiger partial charge in [-0.3, -0.25) is 0 Å². The standard InChI is InChI=1S/C15H25N3O/c1-11(16)14-6-7-15(17-10-14)18(8-9-19-3)12(2)13-4-5-13/h6-7,10-13H,4-5,8-9,16H2,1-3H3. The van der Waals surface area contributed by atoms with E-state index in [1.807, 2.05) is 13.1 Å². The summed E-state index contributed by atoms with van der Waals surface area (Å²) in [5, 5.41) is 0. The lowest BCUT2D eigenvalue weighted by Crippen LogP contribution is -2.37. The molecule has 2 rings (SSSR count). The number of hydrogen-bond acceptors (Lipinski definition) is 4. The van der Waals surface area contributed by atoms with E-state index in [1.54, 1.807) is 7.11 Å². The van der Waals surface area contributed by atoms with Crippen molar-refractivity contribution >= 4 is 5.82 Å². The van der Waals surface area contributed by atoms with Crippen molar-refractivity contribution in [2.24, 2.45) is 11.7 Å². The Morgan fingerprint density at radius 1 is 1.42 bits per heavy atom. The highest BCUT2D eigenvalue weighted by atomic mass is 16.5. The van der Waals surface area contributed by atoms with E-state index >= 15 is 0 Å². The minimum Gasteiger partial charge on any atom is -0.383 e. The van der Waals surface area contributed by atoms with E-state index in [0.29, 0.717) is 6.04 Å². The summed E-state index contributed by atoms with van der Waals surface area (Å²) in [6.45, 7) is 5.88. The molecule has 0 radical (unpaired) electrons. The highest BCUT2D eigenvalue weighted by Crippen LogP contribution is 2.36. The van der Waals surface area contributed by atoms with E-state index in [1.165, 1.54) is 12.8 Å². The van der Waals surface area contributed by atoms with Crippen molar-refractivity contribution in [2.45, 2.75) is 38.8 Å². The Bertz CT molecular complexity index is 387. The van der Waals surface area contributed by atoms with E-state index < -0.39 is 0 Å². The van der Waals surface area contributed by atoms with Gasteiger partial charge in [0.05, 0.1) is 6.61 Å². The van der Waals surface area contributed by atoms with E-state index in [0.717, 1.165) is 30.5 Å². The third kappa shape index (κ3) is 3.67. The highest BCUT2D eigenvalue weighted by Gasteiger charge is 2.32. The van der Waals surface area contributed by atoms with Gasteiger partial charge in [-0.2, -0.15) is 0 Å². The summed E-state index contributed by atoms with van der Waals surface area (Å²) in [5.41, 5.74) is 6.94. The molecule has 1 aliphatic carbocycles. The minimum atomic E-state index is 0.0369. The Balaban J connectivity index is 2.11. The molecule has 19 heavy (non-hydrogen) atoms. The van der Waals surface area contributed by atoms with E-state index in [4.69, 9.17) is 10.5 Å². The number of anilines is 1. The largest absolute Gasteiger partial charge is 0.383 e. The molecule has 1 aliphatic rings. The van der Waals surface area contributed by atoms with Crippen molar-refractivity contribution in [1.82, 2.24) is 4.98 Å². The molecular formula is C15H25N3O. The molecular weight excluding hydrogens is 238 g/mol. The highest BCUT2D eigenvalue weighted by molar-refractivity contribution is 5.41. The summed E-state index contributed by atoms with van der Waals surface area (Å²) in [5.74, 6) is 1.84. The van der Waals surface area contributed by atoms with E-state index in [-0.39, 0.29) is 6.04 Å². The summed E-state index contributed by atoms with van der Waals surface area (Å²) >= 11 is 0. The Hall–Kier alpha value is -1.13. The van der Waals surface area contributed by atoms with Gasteiger partial charge in [0, 0.05) is 31.9 Å². The first kappa shape index (κ1) is 14.3. The predicted octanol–water partition coefficient (Wildman–Crippen LogP) is 2.35. The molecule has 0 spiro atoms. The monoisotopic (exact) mass is 263 g/mol. The molecule has 2 atom stereocenters. The molecule has 1 saturated carbocycles. The van der Waals surface area contributed by atoms with Crippen molar-refractivity contribution in [1.29, 1.82) is 0 Å². The first-order valence-corrected chi connectivity index (χ1v) is 7.10. The number of ether oxygens (including phenoxy) is 1. The molecule has 106 valence electrons. The number of hydrogen-bond donors (Lipinski definition) is 1. The van der Waals surface area contributed by atoms with Gasteiger partial charge in [0.2, 0.25) is 0 Å². The van der Waals surface area contributed by atoms with Gasteiger partial charge in [-0.25, -0.2) is 4.98 Å². The second-order valence-corrected chi connectivity index (χ2v) is 5.50. The Morgan fingerprint density at radius 3 is 2.63 bits per heavy atom. The van der Waals surface area contributed by atoms with Crippen LogP contribution >= 0.6 is 0 Å². The van der Waals surface area contributed by atoms with Crippen LogP contribution < -0.4 is 10.6 Å². The maximum atomic E-state index is 5.86. The Kier molecular flexibility index (Phi) is 4.77. The maximum Gasteiger partial charge on any atom is 0.128 e. The summed E-state index contributed by atoms with van der Waals surface area (Å²) < 4.78 is 5.22. The van der Waals surface area contributed by atoms with Crippen LogP contribution in [0.5, 0.6) is 0 Å². The molecule has 0 saturated heterocycles. The van der Waals surface area contributed by atoms with Gasteiger partial charge < -0.3 is 15.4 Å². The second kappa shape index (κ2) is 6.35. The lowest BCUT2D eigenvalue weighted by molar-refractivity contribution is 0.202. The average molecular weight is 263 g/mol. The molecule has 0 amide bonds. The molecule has 2 unspecified atom stereocenters. The number of nitrogens with zero attached hydrogens (tertiary/aromatic N) is 2. The number of methoxy groups -OCH3 is 1. The van der Waals surface area contributed by atoms with Crippen LogP contribution in [0.15, 0.2) is 18.3 Å². The van der Waals surface area contributed by atoms with Crippen LogP contribution in [0.2, 0.25) is 0 Å². The van der Waals surface area contributed by atoms with E-state index in [2.05, 4.69) is 28.9 Å². The molecule has 1 aromatic heterocycles. The number of nitrogens with two attached hydrogens (primary N) is 1.